The van der Waals surface area contributed by atoms with Crippen molar-refractivity contribution in [2.45, 2.75) is 33.1 Å². The van der Waals surface area contributed by atoms with Crippen molar-refractivity contribution in [1.29, 1.82) is 0 Å². The highest BCUT2D eigenvalue weighted by Gasteiger charge is 2.38. The summed E-state index contributed by atoms with van der Waals surface area (Å²) in [5.74, 6) is -0.196. The normalized spacial score (nSPS) is 15.9. The monoisotopic (exact) mass is 524 g/mol. The van der Waals surface area contributed by atoms with Crippen molar-refractivity contribution in [3.05, 3.63) is 148 Å². The number of hydrogen-bond acceptors (Lipinski definition) is 2. The lowest BCUT2D eigenvalue weighted by Crippen LogP contribution is -2.35. The molecule has 4 heteroatoms. The Morgan fingerprint density at radius 2 is 1.30 bits per heavy atom. The number of fused-ring (bicyclic) bond motifs is 4. The number of halogens is 1. The lowest BCUT2D eigenvalue weighted by molar-refractivity contribution is -0.476. The Labute approximate surface area is 234 Å². The van der Waals surface area contributed by atoms with Gasteiger partial charge in [0.25, 0.3) is 0 Å². The van der Waals surface area contributed by atoms with E-state index in [1.54, 1.807) is 12.1 Å². The van der Waals surface area contributed by atoms with Crippen LogP contribution in [0.25, 0.3) is 16.7 Å². The topological polar surface area (TPSA) is 27.4 Å². The number of hydrazone groups is 1. The van der Waals surface area contributed by atoms with Gasteiger partial charge < -0.3 is 0 Å². The highest BCUT2D eigenvalue weighted by Crippen LogP contribution is 2.47. The quantitative estimate of drug-likeness (QED) is 0.242. The summed E-state index contributed by atoms with van der Waals surface area (Å²) < 4.78 is 16.1. The second kappa shape index (κ2) is 9.87. The van der Waals surface area contributed by atoms with Crippen molar-refractivity contribution in [1.82, 2.24) is 5.43 Å². The third-order valence-corrected chi connectivity index (χ3v) is 8.37. The highest BCUT2D eigenvalue weighted by atomic mass is 19.1. The van der Waals surface area contributed by atoms with E-state index in [9.17, 15) is 4.39 Å². The van der Waals surface area contributed by atoms with Crippen molar-refractivity contribution < 1.29 is 8.97 Å². The minimum absolute atomic E-state index is 0.196. The van der Waals surface area contributed by atoms with Gasteiger partial charge in [-0.25, -0.2) is 4.39 Å². The molecule has 2 aliphatic heterocycles. The van der Waals surface area contributed by atoms with E-state index in [-0.39, 0.29) is 5.82 Å². The van der Waals surface area contributed by atoms with Crippen molar-refractivity contribution in [2.75, 3.05) is 6.54 Å². The molecule has 0 bridgehead atoms. The van der Waals surface area contributed by atoms with E-state index in [2.05, 4.69) is 96.6 Å². The average Bonchev–Trinajstić information content (AvgIpc) is 3.32. The van der Waals surface area contributed by atoms with Crippen molar-refractivity contribution >= 4 is 17.0 Å². The van der Waals surface area contributed by atoms with Gasteiger partial charge in [-0.2, -0.15) is 9.68 Å². The van der Waals surface area contributed by atoms with Crippen LogP contribution in [0.5, 0.6) is 0 Å². The zero-order chi connectivity index (χ0) is 27.2. The van der Waals surface area contributed by atoms with Crippen LogP contribution in [0.15, 0.2) is 119 Å². The first kappa shape index (κ1) is 24.5. The molecule has 2 heterocycles. The number of rotatable bonds is 4. The van der Waals surface area contributed by atoms with Crippen LogP contribution in [-0.4, -0.2) is 22.5 Å². The Hall–Kier alpha value is -4.57. The summed E-state index contributed by atoms with van der Waals surface area (Å²) in [6, 6.07) is 33.1. The maximum atomic E-state index is 13.6. The third kappa shape index (κ3) is 4.03. The second-order valence-corrected chi connectivity index (χ2v) is 10.8. The molecule has 196 valence electrons. The van der Waals surface area contributed by atoms with E-state index in [4.69, 9.17) is 5.10 Å². The highest BCUT2D eigenvalue weighted by molar-refractivity contribution is 6.16. The predicted molar refractivity (Wildman–Crippen MR) is 161 cm³/mol. The molecule has 3 aliphatic rings. The number of allylic oxidation sites excluding steroid dienone is 2. The number of aryl methyl sites for hydroxylation is 1. The summed E-state index contributed by atoms with van der Waals surface area (Å²) in [6.07, 6.45) is 2.66. The number of benzene rings is 4. The minimum atomic E-state index is -0.196. The SMILES string of the molecule is CC1=NNC(C)=C([N+]2=C(CCc3ccc(F)cc3)c3ccccc3CC2)C1=C1c2ccccc2-c2ccccc21. The van der Waals surface area contributed by atoms with Gasteiger partial charge in [0.1, 0.15) is 11.5 Å². The zero-order valence-corrected chi connectivity index (χ0v) is 22.8. The molecule has 0 fully saturated rings. The lowest BCUT2D eigenvalue weighted by atomic mass is 9.88. The fourth-order valence-electron chi connectivity index (χ4n) is 6.52. The molecule has 0 saturated carbocycles. The molecule has 0 aromatic heterocycles. The van der Waals surface area contributed by atoms with Crippen LogP contribution in [0, 0.1) is 5.82 Å². The summed E-state index contributed by atoms with van der Waals surface area (Å²) in [5.41, 5.74) is 19.2. The van der Waals surface area contributed by atoms with Gasteiger partial charge in [-0.1, -0.05) is 78.9 Å². The molecule has 0 saturated heterocycles. The van der Waals surface area contributed by atoms with Gasteiger partial charge in [0.15, 0.2) is 12.3 Å². The smallest absolute Gasteiger partial charge is 0.236 e. The lowest BCUT2D eigenvalue weighted by Gasteiger charge is -2.25. The van der Waals surface area contributed by atoms with Crippen LogP contribution < -0.4 is 5.43 Å². The van der Waals surface area contributed by atoms with Gasteiger partial charge >= 0.3 is 0 Å². The summed E-state index contributed by atoms with van der Waals surface area (Å²) in [4.78, 5) is 0. The van der Waals surface area contributed by atoms with Gasteiger partial charge in [0.2, 0.25) is 5.70 Å². The van der Waals surface area contributed by atoms with Gasteiger partial charge in [-0.05, 0) is 71.8 Å². The molecule has 4 aromatic rings. The maximum absolute atomic E-state index is 13.6. The first-order valence-electron chi connectivity index (χ1n) is 14.0. The van der Waals surface area contributed by atoms with Crippen LogP contribution in [0.2, 0.25) is 0 Å². The van der Waals surface area contributed by atoms with E-state index in [0.717, 1.165) is 42.8 Å². The predicted octanol–water partition coefficient (Wildman–Crippen LogP) is 7.51. The Morgan fingerprint density at radius 3 is 1.98 bits per heavy atom. The number of nitrogens with one attached hydrogen (secondary N) is 1. The standard InChI is InChI=1S/C36H31FN3/c1-23-34(35-31-13-7-5-11-29(31)30-12-6-8-14-32(30)35)36(24(2)39-38-23)40-22-21-26-9-3-4-10-28(26)33(40)20-17-25-15-18-27(37)19-16-25/h3-16,18-19,39H,17,20-22H2,1-2H3/q+1. The van der Waals surface area contributed by atoms with Gasteiger partial charge in [0, 0.05) is 24.0 Å². The molecule has 0 unspecified atom stereocenters. The van der Waals surface area contributed by atoms with Gasteiger partial charge in [0.05, 0.1) is 11.3 Å². The maximum Gasteiger partial charge on any atom is 0.236 e. The fourth-order valence-corrected chi connectivity index (χ4v) is 6.52. The van der Waals surface area contributed by atoms with E-state index < -0.39 is 0 Å². The van der Waals surface area contributed by atoms with Crippen LogP contribution in [0.1, 0.15) is 48.1 Å². The molecule has 0 amide bonds. The Morgan fingerprint density at radius 1 is 0.700 bits per heavy atom. The van der Waals surface area contributed by atoms with E-state index in [0.29, 0.717) is 0 Å². The molecule has 0 atom stereocenters. The number of hydrogen-bond donors (Lipinski definition) is 1. The molecule has 0 spiro atoms. The Bertz CT molecular complexity index is 1740. The first-order chi connectivity index (χ1) is 19.6. The molecular formula is C36H31FN3+. The van der Waals surface area contributed by atoms with Crippen LogP contribution in [0.3, 0.4) is 0 Å². The summed E-state index contributed by atoms with van der Waals surface area (Å²) in [7, 11) is 0. The van der Waals surface area contributed by atoms with Crippen LogP contribution in [-0.2, 0) is 12.8 Å². The summed E-state index contributed by atoms with van der Waals surface area (Å²) in [5, 5.41) is 4.78. The van der Waals surface area contributed by atoms with Crippen molar-refractivity contribution in [3.8, 4) is 11.1 Å². The summed E-state index contributed by atoms with van der Waals surface area (Å²) in [6.45, 7) is 5.13. The molecular weight excluding hydrogens is 493 g/mol. The molecule has 7 rings (SSSR count). The third-order valence-electron chi connectivity index (χ3n) is 8.37. The van der Waals surface area contributed by atoms with Crippen molar-refractivity contribution in [3.63, 3.8) is 0 Å². The van der Waals surface area contributed by atoms with Gasteiger partial charge in [-0.3, -0.25) is 5.43 Å². The largest absolute Gasteiger partial charge is 0.276 e. The Balaban J connectivity index is 1.46. The van der Waals surface area contributed by atoms with E-state index in [1.807, 2.05) is 12.1 Å². The number of nitrogens with zero attached hydrogens (tertiary/aromatic N) is 2. The first-order valence-corrected chi connectivity index (χ1v) is 14.0. The molecule has 1 aliphatic carbocycles. The molecule has 40 heavy (non-hydrogen) atoms. The van der Waals surface area contributed by atoms with Gasteiger partial charge in [-0.15, -0.1) is 0 Å². The second-order valence-electron chi connectivity index (χ2n) is 10.8. The molecule has 0 radical (unpaired) electrons. The fraction of sp³-hybridized carbons (Fsp3) is 0.167. The van der Waals surface area contributed by atoms with Crippen molar-refractivity contribution in [2.24, 2.45) is 5.10 Å². The summed E-state index contributed by atoms with van der Waals surface area (Å²) >= 11 is 0. The van der Waals surface area contributed by atoms with E-state index >= 15 is 0 Å². The minimum Gasteiger partial charge on any atom is -0.276 e. The van der Waals surface area contributed by atoms with Crippen LogP contribution >= 0.6 is 0 Å². The Kier molecular flexibility index (Phi) is 6.04. The molecule has 1 N–H and O–H groups in total. The average molecular weight is 525 g/mol. The zero-order valence-electron chi connectivity index (χ0n) is 22.8. The van der Waals surface area contributed by atoms with E-state index in [1.165, 1.54) is 55.9 Å². The molecule has 3 nitrogen and oxygen atoms in total. The molecule has 4 aromatic carbocycles. The van der Waals surface area contributed by atoms with Crippen LogP contribution in [0.4, 0.5) is 4.39 Å².